The Hall–Kier alpha value is -4.14. The average Bonchev–Trinajstić information content (AvgIpc) is 3.06. The maximum absolute atomic E-state index is 13.1. The first-order valence-electron chi connectivity index (χ1n) is 9.92. The Bertz CT molecular complexity index is 1460. The molecule has 0 aliphatic heterocycles. The summed E-state index contributed by atoms with van der Waals surface area (Å²) < 4.78 is 13.2. The van der Waals surface area contributed by atoms with Crippen molar-refractivity contribution in [2.24, 2.45) is 5.10 Å². The third-order valence-corrected chi connectivity index (χ3v) is 5.22. The second kappa shape index (κ2) is 8.18. The third kappa shape index (κ3) is 3.58. The molecule has 2 aromatic heterocycles. The van der Waals surface area contributed by atoms with Gasteiger partial charge in [0.05, 0.1) is 42.6 Å². The molecule has 0 bridgehead atoms. The molecule has 4 aromatic rings. The normalized spacial score (nSPS) is 11.4. The number of rotatable bonds is 5. The summed E-state index contributed by atoms with van der Waals surface area (Å²) in [5, 5.41) is 7.66. The highest BCUT2D eigenvalue weighted by molar-refractivity contribution is 5.83. The van der Waals surface area contributed by atoms with Crippen molar-refractivity contribution in [2.75, 3.05) is 14.2 Å². The highest BCUT2D eigenvalue weighted by atomic mass is 16.5. The van der Waals surface area contributed by atoms with E-state index in [0.717, 1.165) is 10.2 Å². The van der Waals surface area contributed by atoms with Crippen LogP contribution in [0.25, 0.3) is 16.6 Å². The number of hydrogen-bond acceptors (Lipinski definition) is 6. The number of aryl methyl sites for hydroxylation is 3. The van der Waals surface area contributed by atoms with Crippen LogP contribution in [0.1, 0.15) is 22.6 Å². The summed E-state index contributed by atoms with van der Waals surface area (Å²) in [5.41, 5.74) is 2.62. The Morgan fingerprint density at radius 3 is 2.28 bits per heavy atom. The fourth-order valence-corrected chi connectivity index (χ4v) is 3.45. The van der Waals surface area contributed by atoms with Gasteiger partial charge in [0.15, 0.2) is 11.5 Å². The van der Waals surface area contributed by atoms with Crippen molar-refractivity contribution < 1.29 is 9.47 Å². The average molecular weight is 433 g/mol. The van der Waals surface area contributed by atoms with E-state index >= 15 is 0 Å². The lowest BCUT2D eigenvalue weighted by Crippen LogP contribution is -2.22. The summed E-state index contributed by atoms with van der Waals surface area (Å²) in [7, 11) is 3.01. The molecule has 0 atom stereocenters. The molecule has 0 saturated carbocycles. The molecule has 0 aliphatic carbocycles. The molecule has 4 rings (SSSR count). The maximum Gasteiger partial charge on any atom is 0.282 e. The number of benzene rings is 2. The van der Waals surface area contributed by atoms with E-state index in [2.05, 4.69) is 15.2 Å². The van der Waals surface area contributed by atoms with Crippen LogP contribution in [0.2, 0.25) is 0 Å². The van der Waals surface area contributed by atoms with Gasteiger partial charge in [-0.1, -0.05) is 17.7 Å². The topological polar surface area (TPSA) is 103 Å². The van der Waals surface area contributed by atoms with Gasteiger partial charge >= 0.3 is 0 Å². The highest BCUT2D eigenvalue weighted by Gasteiger charge is 2.14. The monoisotopic (exact) mass is 433 g/mol. The minimum absolute atomic E-state index is 0.263. The minimum atomic E-state index is -0.378. The van der Waals surface area contributed by atoms with Crippen molar-refractivity contribution in [3.05, 3.63) is 79.8 Å². The van der Waals surface area contributed by atoms with Gasteiger partial charge in [-0.05, 0) is 39.0 Å². The van der Waals surface area contributed by atoms with Gasteiger partial charge in [-0.25, -0.2) is 9.67 Å². The van der Waals surface area contributed by atoms with Gasteiger partial charge in [0.2, 0.25) is 0 Å². The zero-order chi connectivity index (χ0) is 23.0. The van der Waals surface area contributed by atoms with Crippen LogP contribution in [0.15, 0.2) is 51.1 Å². The van der Waals surface area contributed by atoms with Crippen molar-refractivity contribution in [2.45, 2.75) is 20.8 Å². The number of fused-ring (bicyclic) bond motifs is 1. The third-order valence-electron chi connectivity index (χ3n) is 5.22. The smallest absolute Gasteiger partial charge is 0.282 e. The predicted molar refractivity (Wildman–Crippen MR) is 123 cm³/mol. The second-order valence-electron chi connectivity index (χ2n) is 7.37. The van der Waals surface area contributed by atoms with E-state index in [1.807, 2.05) is 31.2 Å². The molecule has 0 amide bonds. The summed E-state index contributed by atoms with van der Waals surface area (Å²) in [6.45, 7) is 5.43. The van der Waals surface area contributed by atoms with E-state index in [4.69, 9.17) is 9.47 Å². The molecule has 0 radical (unpaired) electrons. The number of aromatic amines is 1. The Kier molecular flexibility index (Phi) is 5.40. The molecule has 0 spiro atoms. The Balaban J connectivity index is 1.80. The van der Waals surface area contributed by atoms with Crippen LogP contribution in [0, 0.1) is 20.8 Å². The molecule has 0 aliphatic rings. The summed E-state index contributed by atoms with van der Waals surface area (Å²) in [6, 6.07) is 10.8. The highest BCUT2D eigenvalue weighted by Crippen LogP contribution is 2.30. The van der Waals surface area contributed by atoms with E-state index < -0.39 is 0 Å². The standard InChI is InChI=1S/C23H23N5O4/c1-13-6-8-16(9-7-13)28-23(30)18(14(2)26-28)12-24-27-15(3)25-19-11-21(32-5)20(31-4)10-17(19)22(27)29/h6-12,26H,1-5H3. The summed E-state index contributed by atoms with van der Waals surface area (Å²) in [5.74, 6) is 1.27. The summed E-state index contributed by atoms with van der Waals surface area (Å²) in [4.78, 5) is 30.5. The van der Waals surface area contributed by atoms with Gasteiger partial charge in [-0.2, -0.15) is 9.78 Å². The van der Waals surface area contributed by atoms with Gasteiger partial charge < -0.3 is 9.47 Å². The van der Waals surface area contributed by atoms with Crippen LogP contribution in [0.4, 0.5) is 0 Å². The first-order chi connectivity index (χ1) is 15.3. The fourth-order valence-electron chi connectivity index (χ4n) is 3.45. The fraction of sp³-hybridized carbons (Fsp3) is 0.217. The SMILES string of the molecule is COc1cc2nc(C)n(N=Cc3c(C)[nH]n(-c4ccc(C)cc4)c3=O)c(=O)c2cc1OC. The zero-order valence-electron chi connectivity index (χ0n) is 18.5. The molecule has 9 nitrogen and oxygen atoms in total. The van der Waals surface area contributed by atoms with Crippen molar-refractivity contribution in [1.29, 1.82) is 0 Å². The minimum Gasteiger partial charge on any atom is -0.493 e. The maximum atomic E-state index is 13.1. The molecule has 2 heterocycles. The van der Waals surface area contributed by atoms with Crippen LogP contribution < -0.4 is 20.6 Å². The van der Waals surface area contributed by atoms with E-state index in [0.29, 0.717) is 45.2 Å². The zero-order valence-corrected chi connectivity index (χ0v) is 18.5. The number of methoxy groups -OCH3 is 2. The van der Waals surface area contributed by atoms with Crippen LogP contribution in [0.3, 0.4) is 0 Å². The van der Waals surface area contributed by atoms with Crippen LogP contribution in [-0.2, 0) is 0 Å². The molecule has 32 heavy (non-hydrogen) atoms. The van der Waals surface area contributed by atoms with Gasteiger partial charge in [0.1, 0.15) is 5.82 Å². The van der Waals surface area contributed by atoms with Gasteiger partial charge in [0, 0.05) is 11.8 Å². The van der Waals surface area contributed by atoms with Gasteiger partial charge in [-0.3, -0.25) is 14.7 Å². The lowest BCUT2D eigenvalue weighted by molar-refractivity contribution is 0.355. The molecule has 164 valence electrons. The van der Waals surface area contributed by atoms with E-state index in [9.17, 15) is 9.59 Å². The number of nitrogens with zero attached hydrogens (tertiary/aromatic N) is 4. The van der Waals surface area contributed by atoms with Crippen molar-refractivity contribution >= 4 is 17.1 Å². The van der Waals surface area contributed by atoms with Gasteiger partial charge in [-0.15, -0.1) is 0 Å². The van der Waals surface area contributed by atoms with Crippen molar-refractivity contribution in [1.82, 2.24) is 19.4 Å². The Labute approximate surface area is 183 Å². The quantitative estimate of drug-likeness (QED) is 0.488. The first kappa shape index (κ1) is 21.1. The second-order valence-corrected chi connectivity index (χ2v) is 7.37. The number of H-pyrrole nitrogens is 1. The lowest BCUT2D eigenvalue weighted by Gasteiger charge is -2.10. The number of hydrogen-bond donors (Lipinski definition) is 1. The molecule has 0 fully saturated rings. The molecular formula is C23H23N5O4. The molecule has 1 N–H and O–H groups in total. The summed E-state index contributed by atoms with van der Waals surface area (Å²) >= 11 is 0. The molecule has 0 saturated heterocycles. The molecular weight excluding hydrogens is 410 g/mol. The Morgan fingerprint density at radius 1 is 0.969 bits per heavy atom. The molecule has 0 unspecified atom stereocenters. The van der Waals surface area contributed by atoms with Crippen LogP contribution in [-0.4, -0.2) is 39.9 Å². The van der Waals surface area contributed by atoms with E-state index in [-0.39, 0.29) is 11.1 Å². The van der Waals surface area contributed by atoms with E-state index in [1.165, 1.54) is 25.1 Å². The summed E-state index contributed by atoms with van der Waals surface area (Å²) in [6.07, 6.45) is 1.38. The largest absolute Gasteiger partial charge is 0.493 e. The van der Waals surface area contributed by atoms with E-state index in [1.54, 1.807) is 26.0 Å². The number of aromatic nitrogens is 4. The molecule has 2 aromatic carbocycles. The predicted octanol–water partition coefficient (Wildman–Crippen LogP) is 2.70. The first-order valence-corrected chi connectivity index (χ1v) is 9.92. The Morgan fingerprint density at radius 2 is 1.62 bits per heavy atom. The van der Waals surface area contributed by atoms with Crippen molar-refractivity contribution in [3.8, 4) is 17.2 Å². The van der Waals surface area contributed by atoms with Crippen LogP contribution in [0.5, 0.6) is 11.5 Å². The van der Waals surface area contributed by atoms with Crippen molar-refractivity contribution in [3.63, 3.8) is 0 Å². The number of nitrogens with one attached hydrogen (secondary N) is 1. The lowest BCUT2D eigenvalue weighted by atomic mass is 10.2. The molecule has 9 heteroatoms. The van der Waals surface area contributed by atoms with Crippen LogP contribution >= 0.6 is 0 Å². The number of ether oxygens (including phenoxy) is 2. The van der Waals surface area contributed by atoms with Gasteiger partial charge in [0.25, 0.3) is 11.1 Å².